The zero-order chi connectivity index (χ0) is 22.3. The maximum atomic E-state index is 11.9. The fraction of sp³-hybridized carbons (Fsp3) is 0.0476. The number of nitrogens with zero attached hydrogens (tertiary/aromatic N) is 1. The molecule has 3 aromatic carbocycles. The molecule has 3 rings (SSSR count). The number of hydrogen-bond acceptors (Lipinski definition) is 6. The lowest BCUT2D eigenvalue weighted by Crippen LogP contribution is -2.14. The molecule has 0 bridgehead atoms. The van der Waals surface area contributed by atoms with E-state index in [2.05, 4.69) is 0 Å². The summed E-state index contributed by atoms with van der Waals surface area (Å²) in [5.41, 5.74) is 1.27. The lowest BCUT2D eigenvalue weighted by atomic mass is 10.0. The number of nitro benzene ring substituents is 1. The van der Waals surface area contributed by atoms with Gasteiger partial charge in [0, 0.05) is 23.3 Å². The minimum atomic E-state index is -4.02. The summed E-state index contributed by atoms with van der Waals surface area (Å²) >= 11 is 0. The van der Waals surface area contributed by atoms with E-state index in [0.29, 0.717) is 5.56 Å². The summed E-state index contributed by atoms with van der Waals surface area (Å²) in [5, 5.41) is 10.5. The molecule has 0 aliphatic heterocycles. The van der Waals surface area contributed by atoms with Gasteiger partial charge in [-0.25, -0.2) is 0 Å². The number of carbonyl (C=O) groups excluding carboxylic acids is 2. The summed E-state index contributed by atoms with van der Waals surface area (Å²) in [7, 11) is -4.02. The van der Waals surface area contributed by atoms with Gasteiger partial charge in [0.05, 0.1) is 9.82 Å². The molecule has 0 saturated carbocycles. The zero-order valence-electron chi connectivity index (χ0n) is 15.8. The molecule has 0 atom stereocenters. The van der Waals surface area contributed by atoms with Gasteiger partial charge in [0.15, 0.2) is 0 Å². The van der Waals surface area contributed by atoms with Crippen molar-refractivity contribution in [1.82, 2.24) is 0 Å². The molecule has 0 aromatic heterocycles. The number of ketones is 2. The third kappa shape index (κ3) is 6.16. The van der Waals surface area contributed by atoms with Crippen LogP contribution in [0.15, 0.2) is 83.8 Å². The molecular weight excluding hydrogens is 410 g/mol. The average molecular weight is 427 g/mol. The van der Waals surface area contributed by atoms with E-state index >= 15 is 0 Å². The van der Waals surface area contributed by atoms with Crippen molar-refractivity contribution in [1.29, 1.82) is 0 Å². The second-order valence-corrected chi connectivity index (χ2v) is 7.54. The molecule has 0 aliphatic rings. The van der Waals surface area contributed by atoms with Crippen LogP contribution in [-0.4, -0.2) is 29.5 Å². The third-order valence-corrected chi connectivity index (χ3v) is 4.77. The SMILES string of the molecule is Cc1ccc(S(=O)(=O)O)cc1.O=C(C(=O)c1ccc([N+](=O)[O-])cc1)c1ccccc1. The molecule has 0 spiro atoms. The molecule has 8 nitrogen and oxygen atoms in total. The molecule has 30 heavy (non-hydrogen) atoms. The fourth-order valence-electron chi connectivity index (χ4n) is 2.30. The summed E-state index contributed by atoms with van der Waals surface area (Å²) in [6.45, 7) is 1.84. The Hall–Kier alpha value is -3.69. The first-order valence-electron chi connectivity index (χ1n) is 8.52. The van der Waals surface area contributed by atoms with Gasteiger partial charge < -0.3 is 0 Å². The van der Waals surface area contributed by atoms with Gasteiger partial charge in [-0.3, -0.25) is 24.3 Å². The summed E-state index contributed by atoms with van der Waals surface area (Å²) in [6, 6.07) is 19.1. The van der Waals surface area contributed by atoms with Crippen LogP contribution in [0.4, 0.5) is 5.69 Å². The van der Waals surface area contributed by atoms with E-state index in [0.717, 1.165) is 5.56 Å². The second-order valence-electron chi connectivity index (χ2n) is 6.12. The van der Waals surface area contributed by atoms with Crippen molar-refractivity contribution in [2.24, 2.45) is 0 Å². The summed E-state index contributed by atoms with van der Waals surface area (Å²) < 4.78 is 29.6. The highest BCUT2D eigenvalue weighted by Crippen LogP contribution is 2.14. The first-order valence-corrected chi connectivity index (χ1v) is 9.96. The molecule has 0 unspecified atom stereocenters. The largest absolute Gasteiger partial charge is 0.294 e. The second kappa shape index (κ2) is 9.68. The van der Waals surface area contributed by atoms with E-state index in [9.17, 15) is 28.1 Å². The number of non-ortho nitro benzene ring substituents is 1. The fourth-order valence-corrected chi connectivity index (χ4v) is 2.78. The maximum absolute atomic E-state index is 11.9. The quantitative estimate of drug-likeness (QED) is 0.215. The van der Waals surface area contributed by atoms with Crippen molar-refractivity contribution in [3.05, 3.63) is 106 Å². The van der Waals surface area contributed by atoms with Gasteiger partial charge in [0.2, 0.25) is 11.6 Å². The van der Waals surface area contributed by atoms with Crippen LogP contribution in [0.2, 0.25) is 0 Å². The first kappa shape index (κ1) is 22.6. The number of nitro groups is 1. The molecule has 0 heterocycles. The van der Waals surface area contributed by atoms with Crippen LogP contribution >= 0.6 is 0 Å². The average Bonchev–Trinajstić information content (AvgIpc) is 2.73. The standard InChI is InChI=1S/C14H9NO4.C7H8O3S/c16-13(10-4-2-1-3-5-10)14(17)11-6-8-12(9-7-11)15(18)19;1-6-2-4-7(5-3-6)11(8,9)10/h1-9H;2-5H,1H3,(H,8,9,10). The van der Waals surface area contributed by atoms with Gasteiger partial charge in [-0.2, -0.15) is 8.42 Å². The minimum Gasteiger partial charge on any atom is -0.285 e. The van der Waals surface area contributed by atoms with Crippen LogP contribution in [0.1, 0.15) is 26.3 Å². The van der Waals surface area contributed by atoms with Gasteiger partial charge >= 0.3 is 0 Å². The normalized spacial score (nSPS) is 10.5. The number of carbonyl (C=O) groups is 2. The highest BCUT2D eigenvalue weighted by molar-refractivity contribution is 7.85. The smallest absolute Gasteiger partial charge is 0.285 e. The van der Waals surface area contributed by atoms with Crippen molar-refractivity contribution in [3.63, 3.8) is 0 Å². The predicted molar refractivity (Wildman–Crippen MR) is 109 cm³/mol. The topological polar surface area (TPSA) is 132 Å². The number of hydrogen-bond donors (Lipinski definition) is 1. The molecule has 9 heteroatoms. The molecule has 0 fully saturated rings. The first-order chi connectivity index (χ1) is 14.1. The van der Waals surface area contributed by atoms with E-state index in [1.807, 2.05) is 6.92 Å². The van der Waals surface area contributed by atoms with Crippen molar-refractivity contribution in [2.75, 3.05) is 0 Å². The highest BCUT2D eigenvalue weighted by Gasteiger charge is 2.18. The highest BCUT2D eigenvalue weighted by atomic mass is 32.2. The van der Waals surface area contributed by atoms with E-state index in [1.54, 1.807) is 42.5 Å². The van der Waals surface area contributed by atoms with Crippen LogP contribution in [0.3, 0.4) is 0 Å². The van der Waals surface area contributed by atoms with Gasteiger partial charge in [-0.05, 0) is 31.2 Å². The van der Waals surface area contributed by atoms with Crippen LogP contribution in [0.5, 0.6) is 0 Å². The van der Waals surface area contributed by atoms with E-state index in [4.69, 9.17) is 4.55 Å². The monoisotopic (exact) mass is 427 g/mol. The van der Waals surface area contributed by atoms with Crippen LogP contribution in [-0.2, 0) is 10.1 Å². The molecule has 1 N–H and O–H groups in total. The van der Waals surface area contributed by atoms with E-state index in [1.165, 1.54) is 36.4 Å². The molecule has 154 valence electrons. The molecular formula is C21H17NO7S. The number of aryl methyl sites for hydroxylation is 1. The summed E-state index contributed by atoms with van der Waals surface area (Å²) in [6.07, 6.45) is 0. The van der Waals surface area contributed by atoms with Crippen molar-refractivity contribution in [2.45, 2.75) is 11.8 Å². The Morgan fingerprint density at radius 3 is 1.70 bits per heavy atom. The lowest BCUT2D eigenvalue weighted by Gasteiger charge is -2.00. The van der Waals surface area contributed by atoms with Crippen molar-refractivity contribution >= 4 is 27.4 Å². The van der Waals surface area contributed by atoms with Gasteiger partial charge in [0.1, 0.15) is 0 Å². The molecule has 0 amide bonds. The lowest BCUT2D eigenvalue weighted by molar-refractivity contribution is -0.384. The van der Waals surface area contributed by atoms with Crippen molar-refractivity contribution in [3.8, 4) is 0 Å². The summed E-state index contributed by atoms with van der Waals surface area (Å²) in [5.74, 6) is -1.31. The van der Waals surface area contributed by atoms with E-state index in [-0.39, 0.29) is 16.1 Å². The van der Waals surface area contributed by atoms with Crippen LogP contribution in [0, 0.1) is 17.0 Å². The molecule has 0 saturated heterocycles. The number of benzene rings is 3. The zero-order valence-corrected chi connectivity index (χ0v) is 16.6. The maximum Gasteiger partial charge on any atom is 0.294 e. The minimum absolute atomic E-state index is 0.0666. The predicted octanol–water partition coefficient (Wildman–Crippen LogP) is 3.90. The Labute approximate surface area is 172 Å². The Kier molecular flexibility index (Phi) is 7.29. The Balaban J connectivity index is 0.000000248. The van der Waals surface area contributed by atoms with E-state index < -0.39 is 26.6 Å². The summed E-state index contributed by atoms with van der Waals surface area (Å²) in [4.78, 5) is 33.6. The van der Waals surface area contributed by atoms with Gasteiger partial charge in [0.25, 0.3) is 15.8 Å². The van der Waals surface area contributed by atoms with Crippen molar-refractivity contribution < 1.29 is 27.5 Å². The number of rotatable bonds is 5. The Morgan fingerprint density at radius 2 is 1.27 bits per heavy atom. The Bertz CT molecular complexity index is 1150. The van der Waals surface area contributed by atoms with Gasteiger partial charge in [-0.1, -0.05) is 48.0 Å². The Morgan fingerprint density at radius 1 is 0.800 bits per heavy atom. The molecule has 0 aliphatic carbocycles. The molecule has 0 radical (unpaired) electrons. The molecule has 3 aromatic rings. The van der Waals surface area contributed by atoms with Crippen LogP contribution in [0.25, 0.3) is 0 Å². The third-order valence-electron chi connectivity index (χ3n) is 3.90. The van der Waals surface area contributed by atoms with Crippen LogP contribution < -0.4 is 0 Å². The number of Topliss-reactive ketones (excluding diaryl/α,β-unsaturated/α-hetero) is 2. The van der Waals surface area contributed by atoms with Gasteiger partial charge in [-0.15, -0.1) is 0 Å².